The second-order valence-corrected chi connectivity index (χ2v) is 5.12. The summed E-state index contributed by atoms with van der Waals surface area (Å²) in [5, 5.41) is 2.77. The Balaban J connectivity index is 4.28. The van der Waals surface area contributed by atoms with Crippen molar-refractivity contribution in [3.8, 4) is 0 Å². The molecule has 1 amide bonds. The first kappa shape index (κ1) is 17.1. The zero-order valence-corrected chi connectivity index (χ0v) is 12.3. The van der Waals surface area contributed by atoms with E-state index in [1.54, 1.807) is 7.11 Å². The minimum absolute atomic E-state index is 0.00839. The molecular weight excluding hydrogens is 232 g/mol. The van der Waals surface area contributed by atoms with Gasteiger partial charge in [-0.3, -0.25) is 14.5 Å². The van der Waals surface area contributed by atoms with Crippen molar-refractivity contribution in [2.75, 3.05) is 27.3 Å². The number of rotatable bonds is 8. The summed E-state index contributed by atoms with van der Waals surface area (Å²) in [6.45, 7) is 8.17. The number of ketones is 1. The van der Waals surface area contributed by atoms with Crippen molar-refractivity contribution >= 4 is 11.7 Å². The van der Waals surface area contributed by atoms with Crippen LogP contribution in [0.4, 0.5) is 0 Å². The van der Waals surface area contributed by atoms with Gasteiger partial charge in [-0.05, 0) is 26.8 Å². The fourth-order valence-electron chi connectivity index (χ4n) is 1.71. The number of methoxy groups -OCH3 is 1. The van der Waals surface area contributed by atoms with E-state index in [4.69, 9.17) is 4.74 Å². The van der Waals surface area contributed by atoms with Crippen LogP contribution >= 0.6 is 0 Å². The quantitative estimate of drug-likeness (QED) is 0.695. The number of nitrogens with one attached hydrogen (secondary N) is 1. The highest BCUT2D eigenvalue weighted by Crippen LogP contribution is 2.03. The highest BCUT2D eigenvalue weighted by atomic mass is 16.5. The summed E-state index contributed by atoms with van der Waals surface area (Å²) in [4.78, 5) is 25.1. The molecule has 0 aromatic heterocycles. The molecule has 1 N–H and O–H groups in total. The Hall–Kier alpha value is -0.940. The van der Waals surface area contributed by atoms with Gasteiger partial charge in [-0.2, -0.15) is 0 Å². The molecule has 0 saturated heterocycles. The third kappa shape index (κ3) is 6.12. The Morgan fingerprint density at radius 2 is 1.83 bits per heavy atom. The van der Waals surface area contributed by atoms with Crippen LogP contribution < -0.4 is 5.32 Å². The van der Waals surface area contributed by atoms with Gasteiger partial charge in [0.15, 0.2) is 5.78 Å². The van der Waals surface area contributed by atoms with E-state index in [0.29, 0.717) is 6.61 Å². The molecule has 0 spiro atoms. The summed E-state index contributed by atoms with van der Waals surface area (Å²) >= 11 is 0. The highest BCUT2D eigenvalue weighted by molar-refractivity contribution is 5.88. The van der Waals surface area contributed by atoms with Gasteiger partial charge in [0, 0.05) is 13.2 Å². The Kier molecular flexibility index (Phi) is 7.78. The number of carbonyl (C=O) groups excluding carboxylic acids is 2. The zero-order valence-electron chi connectivity index (χ0n) is 12.3. The Morgan fingerprint density at radius 1 is 1.28 bits per heavy atom. The number of amides is 1. The summed E-state index contributed by atoms with van der Waals surface area (Å²) in [5.41, 5.74) is 0. The molecule has 18 heavy (non-hydrogen) atoms. The van der Waals surface area contributed by atoms with E-state index in [9.17, 15) is 9.59 Å². The van der Waals surface area contributed by atoms with Gasteiger partial charge < -0.3 is 10.1 Å². The molecule has 0 aliphatic heterocycles. The van der Waals surface area contributed by atoms with Crippen molar-refractivity contribution in [3.63, 3.8) is 0 Å². The van der Waals surface area contributed by atoms with E-state index >= 15 is 0 Å². The topological polar surface area (TPSA) is 58.6 Å². The lowest BCUT2D eigenvalue weighted by Crippen LogP contribution is -2.48. The Labute approximate surface area is 110 Å². The van der Waals surface area contributed by atoms with E-state index < -0.39 is 6.04 Å². The van der Waals surface area contributed by atoms with Crippen LogP contribution in [0, 0.1) is 5.92 Å². The van der Waals surface area contributed by atoms with E-state index in [-0.39, 0.29) is 30.2 Å². The molecular formula is C13H26N2O3. The lowest BCUT2D eigenvalue weighted by atomic mass is 10.0. The molecule has 0 saturated carbocycles. The van der Waals surface area contributed by atoms with Crippen molar-refractivity contribution in [2.45, 2.75) is 39.8 Å². The maximum atomic E-state index is 11.8. The van der Waals surface area contributed by atoms with Gasteiger partial charge in [0.1, 0.15) is 0 Å². The van der Waals surface area contributed by atoms with Crippen LogP contribution in [0.3, 0.4) is 0 Å². The lowest BCUT2D eigenvalue weighted by molar-refractivity contribution is -0.128. The van der Waals surface area contributed by atoms with Crippen molar-refractivity contribution in [1.29, 1.82) is 0 Å². The maximum absolute atomic E-state index is 11.8. The minimum Gasteiger partial charge on any atom is -0.383 e. The molecule has 0 aliphatic carbocycles. The van der Waals surface area contributed by atoms with Crippen LogP contribution in [-0.2, 0) is 14.3 Å². The first-order valence-electron chi connectivity index (χ1n) is 6.28. The molecule has 2 atom stereocenters. The average Bonchev–Trinajstić information content (AvgIpc) is 2.25. The Bertz CT molecular complexity index is 279. The first-order chi connectivity index (χ1) is 8.29. The monoisotopic (exact) mass is 258 g/mol. The smallest absolute Gasteiger partial charge is 0.234 e. The van der Waals surface area contributed by atoms with Crippen LogP contribution in [0.15, 0.2) is 0 Å². The summed E-state index contributed by atoms with van der Waals surface area (Å²) < 4.78 is 5.04. The van der Waals surface area contributed by atoms with E-state index in [1.807, 2.05) is 32.7 Å². The fourth-order valence-corrected chi connectivity index (χ4v) is 1.71. The van der Waals surface area contributed by atoms with Crippen molar-refractivity contribution < 1.29 is 14.3 Å². The van der Waals surface area contributed by atoms with Gasteiger partial charge in [0.25, 0.3) is 0 Å². The molecule has 0 fully saturated rings. The third-order valence-electron chi connectivity index (χ3n) is 2.97. The van der Waals surface area contributed by atoms with Gasteiger partial charge in [-0.15, -0.1) is 0 Å². The summed E-state index contributed by atoms with van der Waals surface area (Å²) in [7, 11) is 3.50. The SMILES string of the molecule is COCC(C)N(C)CC(=O)NC(C(C)=O)C(C)C. The second kappa shape index (κ2) is 8.21. The predicted molar refractivity (Wildman–Crippen MR) is 71.4 cm³/mol. The highest BCUT2D eigenvalue weighted by Gasteiger charge is 2.21. The minimum atomic E-state index is -0.399. The number of likely N-dealkylation sites (N-methyl/N-ethyl adjacent to an activating group) is 1. The number of carbonyl (C=O) groups is 2. The van der Waals surface area contributed by atoms with Crippen LogP contribution in [0.2, 0.25) is 0 Å². The Morgan fingerprint density at radius 3 is 2.22 bits per heavy atom. The van der Waals surface area contributed by atoms with Crippen LogP contribution in [0.1, 0.15) is 27.7 Å². The van der Waals surface area contributed by atoms with Crippen LogP contribution in [0.5, 0.6) is 0 Å². The standard InChI is InChI=1S/C13H26N2O3/c1-9(2)13(11(4)16)14-12(17)7-15(5)10(3)8-18-6/h9-10,13H,7-8H2,1-6H3,(H,14,17). The number of hydrogen-bond acceptors (Lipinski definition) is 4. The van der Waals surface area contributed by atoms with Gasteiger partial charge in [0.2, 0.25) is 5.91 Å². The zero-order chi connectivity index (χ0) is 14.3. The normalized spacial score (nSPS) is 14.7. The van der Waals surface area contributed by atoms with Gasteiger partial charge >= 0.3 is 0 Å². The van der Waals surface area contributed by atoms with Crippen LogP contribution in [-0.4, -0.2) is 56.0 Å². The maximum Gasteiger partial charge on any atom is 0.234 e. The number of nitrogens with zero attached hydrogens (tertiary/aromatic N) is 1. The van der Waals surface area contributed by atoms with Crippen molar-refractivity contribution in [3.05, 3.63) is 0 Å². The van der Waals surface area contributed by atoms with Crippen molar-refractivity contribution in [1.82, 2.24) is 10.2 Å². The molecule has 5 nitrogen and oxygen atoms in total. The largest absolute Gasteiger partial charge is 0.383 e. The number of hydrogen-bond donors (Lipinski definition) is 1. The lowest BCUT2D eigenvalue weighted by Gasteiger charge is -2.25. The summed E-state index contributed by atoms with van der Waals surface area (Å²) in [6.07, 6.45) is 0. The summed E-state index contributed by atoms with van der Waals surface area (Å²) in [6, 6.07) is -0.237. The predicted octanol–water partition coefficient (Wildman–Crippen LogP) is 0.683. The average molecular weight is 258 g/mol. The molecule has 0 radical (unpaired) electrons. The molecule has 0 aromatic rings. The molecule has 0 bridgehead atoms. The number of Topliss-reactive ketones (excluding diaryl/α,β-unsaturated/α-hetero) is 1. The fraction of sp³-hybridized carbons (Fsp3) is 0.846. The van der Waals surface area contributed by atoms with Gasteiger partial charge in [-0.25, -0.2) is 0 Å². The molecule has 2 unspecified atom stereocenters. The third-order valence-corrected chi connectivity index (χ3v) is 2.97. The molecule has 5 heteroatoms. The van der Waals surface area contributed by atoms with E-state index in [2.05, 4.69) is 5.32 Å². The van der Waals surface area contributed by atoms with Gasteiger partial charge in [-0.1, -0.05) is 13.8 Å². The second-order valence-electron chi connectivity index (χ2n) is 5.12. The number of ether oxygens (including phenoxy) is 1. The molecule has 106 valence electrons. The first-order valence-corrected chi connectivity index (χ1v) is 6.28. The van der Waals surface area contributed by atoms with E-state index in [1.165, 1.54) is 6.92 Å². The van der Waals surface area contributed by atoms with Gasteiger partial charge in [0.05, 0.1) is 19.2 Å². The van der Waals surface area contributed by atoms with Crippen LogP contribution in [0.25, 0.3) is 0 Å². The van der Waals surface area contributed by atoms with E-state index in [0.717, 1.165) is 0 Å². The van der Waals surface area contributed by atoms with Crippen molar-refractivity contribution in [2.24, 2.45) is 5.92 Å². The summed E-state index contributed by atoms with van der Waals surface area (Å²) in [5.74, 6) is -0.0338. The molecule has 0 aromatic carbocycles. The molecule has 0 aliphatic rings. The molecule has 0 heterocycles. The molecule has 0 rings (SSSR count).